The number of hydrogen-bond donors (Lipinski definition) is 1. The molecule has 0 saturated heterocycles. The molecule has 2 heterocycles. The molecule has 3 rings (SSSR count). The van der Waals surface area contributed by atoms with Crippen LogP contribution in [0.2, 0.25) is 0 Å². The standard InChI is InChI=1S/C21H33N5OS/c1-14-15(2)26(16-10-8-7-9-11-16)20(22-14)28-13-19(27)23-18-12-17(21(3,4)5)24-25(18)6/h12,16H,7-11,13H2,1-6H3,(H,23,27). The lowest BCUT2D eigenvalue weighted by Crippen LogP contribution is -2.18. The van der Waals surface area contributed by atoms with E-state index in [-0.39, 0.29) is 11.3 Å². The van der Waals surface area contributed by atoms with Gasteiger partial charge in [-0.15, -0.1) is 0 Å². The third kappa shape index (κ3) is 4.62. The minimum absolute atomic E-state index is 0.0260. The van der Waals surface area contributed by atoms with Crippen molar-refractivity contribution in [3.63, 3.8) is 0 Å². The van der Waals surface area contributed by atoms with Gasteiger partial charge in [-0.2, -0.15) is 5.10 Å². The summed E-state index contributed by atoms with van der Waals surface area (Å²) in [7, 11) is 1.86. The average Bonchev–Trinajstić information content (AvgIpc) is 3.14. The summed E-state index contributed by atoms with van der Waals surface area (Å²) in [5.41, 5.74) is 3.22. The lowest BCUT2D eigenvalue weighted by molar-refractivity contribution is -0.113. The molecule has 0 bridgehead atoms. The fourth-order valence-corrected chi connectivity index (χ4v) is 4.69. The van der Waals surface area contributed by atoms with Crippen LogP contribution >= 0.6 is 11.8 Å². The van der Waals surface area contributed by atoms with Crippen LogP contribution in [-0.2, 0) is 17.3 Å². The van der Waals surface area contributed by atoms with E-state index in [1.165, 1.54) is 49.6 Å². The molecule has 0 atom stereocenters. The number of thioether (sulfide) groups is 1. The molecule has 1 aliphatic rings. The van der Waals surface area contributed by atoms with Crippen LogP contribution in [0.25, 0.3) is 0 Å². The second-order valence-corrected chi connectivity index (χ2v) is 9.79. The van der Waals surface area contributed by atoms with Crippen molar-refractivity contribution in [2.45, 2.75) is 83.3 Å². The lowest BCUT2D eigenvalue weighted by atomic mass is 9.92. The number of imidazole rings is 1. The maximum Gasteiger partial charge on any atom is 0.235 e. The van der Waals surface area contributed by atoms with E-state index in [4.69, 9.17) is 4.98 Å². The van der Waals surface area contributed by atoms with Gasteiger partial charge in [-0.1, -0.05) is 51.8 Å². The molecule has 28 heavy (non-hydrogen) atoms. The number of nitrogens with one attached hydrogen (secondary N) is 1. The van der Waals surface area contributed by atoms with Gasteiger partial charge in [0, 0.05) is 30.3 Å². The molecule has 6 nitrogen and oxygen atoms in total. The van der Waals surface area contributed by atoms with Crippen molar-refractivity contribution in [1.82, 2.24) is 19.3 Å². The highest BCUT2D eigenvalue weighted by molar-refractivity contribution is 7.99. The van der Waals surface area contributed by atoms with Gasteiger partial charge >= 0.3 is 0 Å². The predicted octanol–water partition coefficient (Wildman–Crippen LogP) is 4.77. The van der Waals surface area contributed by atoms with Gasteiger partial charge in [0.25, 0.3) is 0 Å². The summed E-state index contributed by atoms with van der Waals surface area (Å²) in [6.45, 7) is 10.6. The quantitative estimate of drug-likeness (QED) is 0.731. The monoisotopic (exact) mass is 403 g/mol. The van der Waals surface area contributed by atoms with Gasteiger partial charge in [0.2, 0.25) is 5.91 Å². The Morgan fingerprint density at radius 3 is 2.54 bits per heavy atom. The Labute approximate surface area is 172 Å². The largest absolute Gasteiger partial charge is 0.320 e. The maximum atomic E-state index is 12.6. The molecule has 2 aromatic heterocycles. The predicted molar refractivity (Wildman–Crippen MR) is 115 cm³/mol. The molecule has 7 heteroatoms. The molecule has 0 aromatic carbocycles. The van der Waals surface area contributed by atoms with E-state index in [2.05, 4.69) is 49.6 Å². The summed E-state index contributed by atoms with van der Waals surface area (Å²) in [5.74, 6) is 1.05. The summed E-state index contributed by atoms with van der Waals surface area (Å²) in [5, 5.41) is 8.49. The molecule has 1 amide bonds. The van der Waals surface area contributed by atoms with E-state index < -0.39 is 0 Å². The molecule has 2 aromatic rings. The first kappa shape index (κ1) is 21.0. The van der Waals surface area contributed by atoms with E-state index in [1.54, 1.807) is 4.68 Å². The zero-order valence-electron chi connectivity index (χ0n) is 18.0. The number of nitrogens with zero attached hydrogens (tertiary/aromatic N) is 4. The smallest absolute Gasteiger partial charge is 0.235 e. The fraction of sp³-hybridized carbons (Fsp3) is 0.667. The van der Waals surface area contributed by atoms with Crippen LogP contribution in [0.5, 0.6) is 0 Å². The molecule has 154 valence electrons. The molecule has 0 radical (unpaired) electrons. The first-order valence-electron chi connectivity index (χ1n) is 10.2. The highest BCUT2D eigenvalue weighted by Gasteiger charge is 2.23. The zero-order chi connectivity index (χ0) is 20.5. The Balaban J connectivity index is 1.67. The van der Waals surface area contributed by atoms with Gasteiger partial charge in [0.1, 0.15) is 5.82 Å². The molecular weight excluding hydrogens is 370 g/mol. The Bertz CT molecular complexity index is 840. The normalized spacial score (nSPS) is 15.8. The number of aryl methyl sites for hydroxylation is 2. The number of anilines is 1. The second kappa shape index (κ2) is 8.31. The van der Waals surface area contributed by atoms with Gasteiger partial charge in [0.05, 0.1) is 17.1 Å². The number of rotatable bonds is 5. The maximum absolute atomic E-state index is 12.6. The molecule has 0 spiro atoms. The summed E-state index contributed by atoms with van der Waals surface area (Å²) < 4.78 is 4.11. The highest BCUT2D eigenvalue weighted by atomic mass is 32.2. The van der Waals surface area contributed by atoms with Gasteiger partial charge < -0.3 is 9.88 Å². The SMILES string of the molecule is Cc1nc(SCC(=O)Nc2cc(C(C)(C)C)nn2C)n(C2CCCCC2)c1C. The van der Waals surface area contributed by atoms with Crippen molar-refractivity contribution in [2.75, 3.05) is 11.1 Å². The van der Waals surface area contributed by atoms with Crippen LogP contribution in [0, 0.1) is 13.8 Å². The van der Waals surface area contributed by atoms with Crippen molar-refractivity contribution >= 4 is 23.5 Å². The molecule has 1 saturated carbocycles. The van der Waals surface area contributed by atoms with Crippen molar-refractivity contribution in [3.05, 3.63) is 23.1 Å². The van der Waals surface area contributed by atoms with E-state index >= 15 is 0 Å². The number of aromatic nitrogens is 4. The van der Waals surface area contributed by atoms with Crippen LogP contribution in [0.3, 0.4) is 0 Å². The first-order valence-corrected chi connectivity index (χ1v) is 11.2. The Morgan fingerprint density at radius 2 is 1.93 bits per heavy atom. The minimum Gasteiger partial charge on any atom is -0.320 e. The lowest BCUT2D eigenvalue weighted by Gasteiger charge is -2.26. The highest BCUT2D eigenvalue weighted by Crippen LogP contribution is 2.34. The number of carbonyl (C=O) groups is 1. The molecule has 1 fully saturated rings. The van der Waals surface area contributed by atoms with E-state index in [0.29, 0.717) is 11.8 Å². The Hall–Kier alpha value is -1.76. The summed E-state index contributed by atoms with van der Waals surface area (Å²) >= 11 is 1.53. The van der Waals surface area contributed by atoms with E-state index in [1.807, 2.05) is 13.1 Å². The zero-order valence-corrected chi connectivity index (χ0v) is 18.8. The third-order valence-corrected chi connectivity index (χ3v) is 6.50. The van der Waals surface area contributed by atoms with Crippen LogP contribution < -0.4 is 5.32 Å². The minimum atomic E-state index is -0.0463. The Morgan fingerprint density at radius 1 is 1.25 bits per heavy atom. The summed E-state index contributed by atoms with van der Waals surface area (Å²) in [4.78, 5) is 17.3. The van der Waals surface area contributed by atoms with Crippen LogP contribution in [0.4, 0.5) is 5.82 Å². The fourth-order valence-electron chi connectivity index (χ4n) is 3.73. The topological polar surface area (TPSA) is 64.7 Å². The number of hydrogen-bond acceptors (Lipinski definition) is 4. The number of carbonyl (C=O) groups excluding carboxylic acids is 1. The summed E-state index contributed by atoms with van der Waals surface area (Å²) in [6.07, 6.45) is 6.31. The molecule has 1 aliphatic carbocycles. The van der Waals surface area contributed by atoms with Gasteiger partial charge in [-0.3, -0.25) is 9.48 Å². The van der Waals surface area contributed by atoms with E-state index in [0.717, 1.165) is 22.4 Å². The van der Waals surface area contributed by atoms with Crippen LogP contribution in [0.1, 0.15) is 76.0 Å². The van der Waals surface area contributed by atoms with Gasteiger partial charge in [0.15, 0.2) is 5.16 Å². The third-order valence-electron chi connectivity index (χ3n) is 5.54. The molecule has 1 N–H and O–H groups in total. The van der Waals surface area contributed by atoms with Gasteiger partial charge in [-0.05, 0) is 26.7 Å². The Kier molecular flexibility index (Phi) is 6.22. The molecular formula is C21H33N5OS. The molecule has 0 unspecified atom stereocenters. The number of amides is 1. The van der Waals surface area contributed by atoms with Crippen molar-refractivity contribution in [2.24, 2.45) is 7.05 Å². The van der Waals surface area contributed by atoms with Gasteiger partial charge in [-0.25, -0.2) is 4.98 Å². The van der Waals surface area contributed by atoms with Crippen LogP contribution in [0.15, 0.2) is 11.2 Å². The van der Waals surface area contributed by atoms with E-state index in [9.17, 15) is 4.79 Å². The molecule has 0 aliphatic heterocycles. The average molecular weight is 404 g/mol. The summed E-state index contributed by atoms with van der Waals surface area (Å²) in [6, 6.07) is 2.48. The van der Waals surface area contributed by atoms with Crippen LogP contribution in [-0.4, -0.2) is 31.0 Å². The first-order chi connectivity index (χ1) is 13.2. The van der Waals surface area contributed by atoms with Crippen molar-refractivity contribution < 1.29 is 4.79 Å². The second-order valence-electron chi connectivity index (χ2n) is 8.85. The van der Waals surface area contributed by atoms with Crippen molar-refractivity contribution in [3.8, 4) is 0 Å². The van der Waals surface area contributed by atoms with Crippen molar-refractivity contribution in [1.29, 1.82) is 0 Å².